The highest BCUT2D eigenvalue weighted by atomic mass is 16.5. The molecule has 3 rings (SSSR count). The number of morpholine rings is 1. The first kappa shape index (κ1) is 23.8. The monoisotopic (exact) mass is 452 g/mol. The van der Waals surface area contributed by atoms with Gasteiger partial charge in [-0.15, -0.1) is 0 Å². The molecule has 1 amide bonds. The number of amides is 1. The number of ether oxygens (including phenoxy) is 2. The molecule has 1 aromatic carbocycles. The van der Waals surface area contributed by atoms with Crippen LogP contribution in [-0.4, -0.2) is 78.8 Å². The average Bonchev–Trinajstić information content (AvgIpc) is 2.83. The molecule has 0 saturated carbocycles. The van der Waals surface area contributed by atoms with Crippen LogP contribution in [0.1, 0.15) is 18.3 Å². The molecule has 0 atom stereocenters. The lowest BCUT2D eigenvalue weighted by molar-refractivity contribution is -0.127. The van der Waals surface area contributed by atoms with Crippen molar-refractivity contribution in [1.82, 2.24) is 19.9 Å². The summed E-state index contributed by atoms with van der Waals surface area (Å²) in [6.45, 7) is 7.64. The molecule has 11 heteroatoms. The minimum atomic E-state index is 0.0261. The van der Waals surface area contributed by atoms with Crippen LogP contribution in [0.2, 0.25) is 0 Å². The molecule has 0 unspecified atom stereocenters. The van der Waals surface area contributed by atoms with Crippen LogP contribution in [0.25, 0.3) is 5.57 Å². The van der Waals surface area contributed by atoms with Crippen LogP contribution < -0.4 is 15.4 Å². The lowest BCUT2D eigenvalue weighted by Crippen LogP contribution is -2.37. The Hall–Kier alpha value is -3.86. The molecule has 174 valence electrons. The highest BCUT2D eigenvalue weighted by molar-refractivity contribution is 5.83. The van der Waals surface area contributed by atoms with Crippen molar-refractivity contribution in [3.8, 4) is 11.8 Å². The molecule has 1 saturated heterocycles. The van der Waals surface area contributed by atoms with Gasteiger partial charge in [0, 0.05) is 39.0 Å². The zero-order valence-electron chi connectivity index (χ0n) is 19.1. The first-order valence-corrected chi connectivity index (χ1v) is 10.4. The average molecular weight is 453 g/mol. The van der Waals surface area contributed by atoms with Gasteiger partial charge in [-0.05, 0) is 31.3 Å². The number of aliphatic imine (C=N–C) groups is 2. The number of anilines is 1. The van der Waals surface area contributed by atoms with E-state index in [1.807, 2.05) is 17.0 Å². The highest BCUT2D eigenvalue weighted by Gasteiger charge is 2.18. The van der Waals surface area contributed by atoms with E-state index >= 15 is 0 Å². The van der Waals surface area contributed by atoms with E-state index in [0.29, 0.717) is 55.8 Å². The van der Waals surface area contributed by atoms with Gasteiger partial charge in [0.15, 0.2) is 5.82 Å². The van der Waals surface area contributed by atoms with Crippen molar-refractivity contribution < 1.29 is 14.3 Å². The fourth-order valence-corrected chi connectivity index (χ4v) is 2.85. The summed E-state index contributed by atoms with van der Waals surface area (Å²) in [5.74, 6) is 1.49. The summed E-state index contributed by atoms with van der Waals surface area (Å²) in [5, 5.41) is 0. The van der Waals surface area contributed by atoms with Gasteiger partial charge in [0.05, 0.1) is 19.6 Å². The molecule has 2 N–H and O–H groups in total. The van der Waals surface area contributed by atoms with E-state index in [1.165, 1.54) is 6.20 Å². The Morgan fingerprint density at radius 3 is 2.58 bits per heavy atom. The molecule has 1 aromatic heterocycles. The summed E-state index contributed by atoms with van der Waals surface area (Å²) in [4.78, 5) is 36.6. The summed E-state index contributed by atoms with van der Waals surface area (Å²) in [6, 6.07) is 7.38. The molecule has 0 bridgehead atoms. The van der Waals surface area contributed by atoms with Crippen LogP contribution >= 0.6 is 0 Å². The number of rotatable bonds is 7. The van der Waals surface area contributed by atoms with Gasteiger partial charge in [-0.3, -0.25) is 4.79 Å². The molecular formula is C22H28N8O3. The predicted molar refractivity (Wildman–Crippen MR) is 127 cm³/mol. The Labute approximate surface area is 192 Å². The van der Waals surface area contributed by atoms with Gasteiger partial charge < -0.3 is 25.0 Å². The SMILES string of the molecule is C=NC(N)=N/C=C(\C)c1nc(Oc2ccc(CC(=O)N(C)C)cc2)nc(N2CCOCC2)n1. The number of hydrogen-bond donors (Lipinski definition) is 1. The molecule has 11 nitrogen and oxygen atoms in total. The quantitative estimate of drug-likeness (QED) is 0.494. The number of guanidine groups is 1. The smallest absolute Gasteiger partial charge is 0.327 e. The van der Waals surface area contributed by atoms with Crippen molar-refractivity contribution in [3.05, 3.63) is 41.9 Å². The number of allylic oxidation sites excluding steroid dienone is 1. The van der Waals surface area contributed by atoms with Crippen LogP contribution in [0.4, 0.5) is 5.95 Å². The van der Waals surface area contributed by atoms with E-state index in [9.17, 15) is 4.79 Å². The van der Waals surface area contributed by atoms with Gasteiger partial charge in [0.25, 0.3) is 0 Å². The van der Waals surface area contributed by atoms with Crippen molar-refractivity contribution in [3.63, 3.8) is 0 Å². The number of benzene rings is 1. The van der Waals surface area contributed by atoms with Crippen LogP contribution in [0, 0.1) is 0 Å². The molecule has 2 aromatic rings. The van der Waals surface area contributed by atoms with Gasteiger partial charge >= 0.3 is 6.01 Å². The van der Waals surface area contributed by atoms with Crippen molar-refractivity contribution in [2.24, 2.45) is 15.7 Å². The van der Waals surface area contributed by atoms with E-state index in [4.69, 9.17) is 15.2 Å². The predicted octanol–water partition coefficient (Wildman–Crippen LogP) is 1.51. The molecule has 33 heavy (non-hydrogen) atoms. The van der Waals surface area contributed by atoms with E-state index in [1.54, 1.807) is 38.1 Å². The highest BCUT2D eigenvalue weighted by Crippen LogP contribution is 2.23. The van der Waals surface area contributed by atoms with Crippen molar-refractivity contribution in [2.75, 3.05) is 45.3 Å². The van der Waals surface area contributed by atoms with Crippen molar-refractivity contribution in [1.29, 1.82) is 0 Å². The van der Waals surface area contributed by atoms with Gasteiger partial charge in [0.2, 0.25) is 17.8 Å². The fraction of sp³-hybridized carbons (Fsp3) is 0.364. The van der Waals surface area contributed by atoms with E-state index in [-0.39, 0.29) is 17.9 Å². The molecule has 0 radical (unpaired) electrons. The molecule has 1 aliphatic heterocycles. The van der Waals surface area contributed by atoms with Gasteiger partial charge in [-0.2, -0.15) is 15.0 Å². The molecular weight excluding hydrogens is 424 g/mol. The summed E-state index contributed by atoms with van der Waals surface area (Å²) < 4.78 is 11.3. The van der Waals surface area contributed by atoms with Crippen LogP contribution in [-0.2, 0) is 16.0 Å². The number of hydrogen-bond acceptors (Lipinski definition) is 8. The second kappa shape index (κ2) is 11.1. The van der Waals surface area contributed by atoms with E-state index in [2.05, 4.69) is 31.7 Å². The number of nitrogens with zero attached hydrogens (tertiary/aromatic N) is 7. The molecule has 0 spiro atoms. The lowest BCUT2D eigenvalue weighted by atomic mass is 10.1. The van der Waals surface area contributed by atoms with Gasteiger partial charge in [-0.1, -0.05) is 12.1 Å². The van der Waals surface area contributed by atoms with E-state index < -0.39 is 0 Å². The first-order valence-electron chi connectivity index (χ1n) is 10.4. The maximum absolute atomic E-state index is 11.9. The Balaban J connectivity index is 1.86. The Kier molecular flexibility index (Phi) is 8.03. The minimum Gasteiger partial charge on any atom is -0.424 e. The zero-order valence-corrected chi connectivity index (χ0v) is 19.1. The zero-order chi connectivity index (χ0) is 23.8. The molecule has 1 fully saturated rings. The Bertz CT molecular complexity index is 1040. The van der Waals surface area contributed by atoms with Gasteiger partial charge in [-0.25, -0.2) is 9.98 Å². The number of aromatic nitrogens is 3. The molecule has 1 aliphatic rings. The van der Waals surface area contributed by atoms with Crippen molar-refractivity contribution >= 4 is 30.1 Å². The summed E-state index contributed by atoms with van der Waals surface area (Å²) in [5.41, 5.74) is 7.13. The summed E-state index contributed by atoms with van der Waals surface area (Å²) >= 11 is 0. The van der Waals surface area contributed by atoms with E-state index in [0.717, 1.165) is 5.56 Å². The maximum atomic E-state index is 11.9. The normalized spacial score (nSPS) is 14.7. The largest absolute Gasteiger partial charge is 0.424 e. The standard InChI is InChI=1S/C22H28N8O3/c1-15(14-25-20(23)24-2)19-26-21(30-9-11-32-12-10-30)28-22(27-19)33-17-7-5-16(6-8-17)13-18(31)29(3)4/h5-8,14H,2,9-13H2,1,3-4H3,(H2,23,25)/b15-14+. The summed E-state index contributed by atoms with van der Waals surface area (Å²) in [6.07, 6.45) is 1.83. The maximum Gasteiger partial charge on any atom is 0.327 e. The third-order valence-corrected chi connectivity index (χ3v) is 4.79. The third-order valence-electron chi connectivity index (χ3n) is 4.79. The first-order chi connectivity index (χ1) is 15.9. The number of carbonyl (C=O) groups excluding carboxylic acids is 1. The fourth-order valence-electron chi connectivity index (χ4n) is 2.85. The Morgan fingerprint density at radius 1 is 1.24 bits per heavy atom. The van der Waals surface area contributed by atoms with Gasteiger partial charge in [0.1, 0.15) is 5.75 Å². The molecule has 0 aliphatic carbocycles. The Morgan fingerprint density at radius 2 is 1.94 bits per heavy atom. The van der Waals surface area contributed by atoms with Crippen LogP contribution in [0.3, 0.4) is 0 Å². The number of likely N-dealkylation sites (N-methyl/N-ethyl adjacent to an activating group) is 1. The molecule has 2 heterocycles. The lowest BCUT2D eigenvalue weighted by Gasteiger charge is -2.27. The van der Waals surface area contributed by atoms with Crippen molar-refractivity contribution in [2.45, 2.75) is 13.3 Å². The second-order valence-electron chi connectivity index (χ2n) is 7.51. The third kappa shape index (κ3) is 6.81. The minimum absolute atomic E-state index is 0.0261. The number of nitrogens with two attached hydrogens (primary N) is 1. The summed E-state index contributed by atoms with van der Waals surface area (Å²) in [7, 11) is 3.46. The number of carbonyl (C=O) groups is 1. The second-order valence-corrected chi connectivity index (χ2v) is 7.51. The topological polar surface area (TPSA) is 131 Å². The van der Waals surface area contributed by atoms with Crippen LogP contribution in [0.5, 0.6) is 11.8 Å². The van der Waals surface area contributed by atoms with Crippen LogP contribution in [0.15, 0.2) is 40.5 Å².